The first-order valence-electron chi connectivity index (χ1n) is 16.2. The highest BCUT2D eigenvalue weighted by molar-refractivity contribution is 5.95. The fourth-order valence-electron chi connectivity index (χ4n) is 5.90. The lowest BCUT2D eigenvalue weighted by Crippen LogP contribution is -2.56. The average Bonchev–Trinajstić information content (AvgIpc) is 3.66. The molecule has 0 aliphatic carbocycles. The maximum atomic E-state index is 13.6. The van der Waals surface area contributed by atoms with Crippen molar-refractivity contribution in [2.45, 2.75) is 109 Å². The number of nitrogens with two attached hydrogens (primary N) is 2. The molecule has 0 aromatic heterocycles. The Morgan fingerprint density at radius 1 is 0.870 bits per heavy atom. The van der Waals surface area contributed by atoms with Gasteiger partial charge < -0.3 is 47.6 Å². The van der Waals surface area contributed by atoms with Crippen LogP contribution in [0, 0.1) is 17.2 Å². The maximum Gasteiger partial charge on any atom is 0.326 e. The minimum absolute atomic E-state index is 0.0197. The van der Waals surface area contributed by atoms with Crippen molar-refractivity contribution in [2.24, 2.45) is 23.3 Å². The number of nitrogens with one attached hydrogen (secondary N) is 5. The molecular weight excluding hydrogens is 598 g/mol. The van der Waals surface area contributed by atoms with Gasteiger partial charge in [0.25, 0.3) is 0 Å². The number of guanidine groups is 1. The number of likely N-dealkylation sites (tertiary alicyclic amines) is 2. The summed E-state index contributed by atoms with van der Waals surface area (Å²) in [6.07, 6.45) is 3.29. The van der Waals surface area contributed by atoms with Crippen molar-refractivity contribution in [2.75, 3.05) is 26.2 Å². The molecule has 0 saturated carbocycles. The summed E-state index contributed by atoms with van der Waals surface area (Å²) in [7, 11) is 0. The topological polar surface area (TPSA) is 253 Å². The van der Waals surface area contributed by atoms with Crippen molar-refractivity contribution in [1.82, 2.24) is 31.1 Å². The van der Waals surface area contributed by atoms with E-state index in [0.717, 1.165) is 0 Å². The summed E-state index contributed by atoms with van der Waals surface area (Å²) in [4.78, 5) is 80.3. The predicted octanol–water partition coefficient (Wildman–Crippen LogP) is -1.18. The first-order chi connectivity index (χ1) is 21.6. The molecule has 0 radical (unpaired) electrons. The number of aliphatic carboxylic acids is 1. The van der Waals surface area contributed by atoms with E-state index >= 15 is 0 Å². The Morgan fingerprint density at radius 3 is 2.07 bits per heavy atom. The Hall–Kier alpha value is -3.95. The van der Waals surface area contributed by atoms with Crippen molar-refractivity contribution >= 4 is 41.5 Å². The van der Waals surface area contributed by atoms with Gasteiger partial charge in [-0.1, -0.05) is 27.7 Å². The molecule has 16 heteroatoms. The van der Waals surface area contributed by atoms with E-state index in [1.54, 1.807) is 0 Å². The zero-order valence-corrected chi connectivity index (χ0v) is 27.5. The fourth-order valence-corrected chi connectivity index (χ4v) is 5.90. The molecule has 2 saturated heterocycles. The lowest BCUT2D eigenvalue weighted by molar-refractivity contribution is -0.147. The summed E-state index contributed by atoms with van der Waals surface area (Å²) in [5.41, 5.74) is 11.4. The van der Waals surface area contributed by atoms with Crippen molar-refractivity contribution in [3.63, 3.8) is 0 Å². The second-order valence-corrected chi connectivity index (χ2v) is 13.0. The number of rotatable bonds is 17. The van der Waals surface area contributed by atoms with Crippen LogP contribution in [0.3, 0.4) is 0 Å². The molecule has 0 aromatic rings. The summed E-state index contributed by atoms with van der Waals surface area (Å²) in [6, 6.07) is -4.44. The van der Waals surface area contributed by atoms with Crippen LogP contribution in [0.1, 0.15) is 79.1 Å². The highest BCUT2D eigenvalue weighted by atomic mass is 16.4. The molecule has 2 aliphatic heterocycles. The molecule has 46 heavy (non-hydrogen) atoms. The van der Waals surface area contributed by atoms with E-state index in [9.17, 15) is 33.9 Å². The van der Waals surface area contributed by atoms with E-state index in [-0.39, 0.29) is 49.0 Å². The van der Waals surface area contributed by atoms with E-state index in [1.165, 1.54) is 9.80 Å². The van der Waals surface area contributed by atoms with Gasteiger partial charge in [-0.15, -0.1) is 0 Å². The molecule has 260 valence electrons. The number of amides is 5. The summed E-state index contributed by atoms with van der Waals surface area (Å²) in [5, 5.41) is 26.9. The molecule has 2 heterocycles. The van der Waals surface area contributed by atoms with Gasteiger partial charge in [-0.25, -0.2) is 4.79 Å². The third-order valence-corrected chi connectivity index (χ3v) is 8.08. The van der Waals surface area contributed by atoms with Gasteiger partial charge in [0, 0.05) is 19.6 Å². The summed E-state index contributed by atoms with van der Waals surface area (Å²) in [5.74, 6) is -3.67. The van der Waals surface area contributed by atoms with Crippen LogP contribution in [0.5, 0.6) is 0 Å². The van der Waals surface area contributed by atoms with Crippen LogP contribution < -0.4 is 32.7 Å². The Bertz CT molecular complexity index is 1120. The van der Waals surface area contributed by atoms with Crippen LogP contribution in [0.25, 0.3) is 0 Å². The van der Waals surface area contributed by atoms with Crippen molar-refractivity contribution in [3.05, 3.63) is 0 Å². The Kier molecular flexibility index (Phi) is 15.2. The SMILES string of the molecule is CC(C)C[C@H](NC(=O)CNC(=O)[C@@H]1CCCN1C(=O)[C@@H]1CCCN1C(=O)[C@@H](N)CC(C)C)C(=O)N[C@@H](CCCNC(=N)N)C(=O)O. The maximum absolute atomic E-state index is 13.6. The van der Waals surface area contributed by atoms with E-state index in [0.29, 0.717) is 51.6 Å². The first-order valence-corrected chi connectivity index (χ1v) is 16.2. The van der Waals surface area contributed by atoms with Crippen molar-refractivity contribution in [3.8, 4) is 0 Å². The number of carboxylic acids is 1. The number of nitrogens with zero attached hydrogens (tertiary/aromatic N) is 2. The normalized spacial score (nSPS) is 19.8. The number of hydrogen-bond donors (Lipinski definition) is 8. The van der Waals surface area contributed by atoms with Crippen molar-refractivity contribution < 1.29 is 33.9 Å². The molecule has 0 unspecified atom stereocenters. The smallest absolute Gasteiger partial charge is 0.326 e. The first kappa shape index (κ1) is 38.2. The monoisotopic (exact) mass is 651 g/mol. The molecule has 2 fully saturated rings. The molecule has 0 spiro atoms. The van der Waals surface area contributed by atoms with Gasteiger partial charge in [0.2, 0.25) is 29.5 Å². The van der Waals surface area contributed by atoms with Crippen LogP contribution >= 0.6 is 0 Å². The lowest BCUT2D eigenvalue weighted by atomic mass is 10.0. The molecule has 0 aromatic carbocycles. The van der Waals surface area contributed by atoms with Crippen LogP contribution in [0.4, 0.5) is 0 Å². The van der Waals surface area contributed by atoms with E-state index in [4.69, 9.17) is 16.9 Å². The zero-order valence-electron chi connectivity index (χ0n) is 27.5. The fraction of sp³-hybridized carbons (Fsp3) is 0.767. The van der Waals surface area contributed by atoms with Gasteiger partial charge >= 0.3 is 5.97 Å². The molecule has 5 atom stereocenters. The number of hydrogen-bond acceptors (Lipinski definition) is 8. The minimum Gasteiger partial charge on any atom is -0.480 e. The van der Waals surface area contributed by atoms with Gasteiger partial charge in [0.1, 0.15) is 24.2 Å². The quantitative estimate of drug-likeness (QED) is 0.0531. The van der Waals surface area contributed by atoms with E-state index in [1.807, 2.05) is 27.7 Å². The zero-order chi connectivity index (χ0) is 34.6. The minimum atomic E-state index is -1.24. The van der Waals surface area contributed by atoms with Crippen LogP contribution in [-0.4, -0.2) is 113 Å². The van der Waals surface area contributed by atoms with Gasteiger partial charge in [0.15, 0.2) is 5.96 Å². The molecule has 2 rings (SSSR count). The largest absolute Gasteiger partial charge is 0.480 e. The molecule has 5 amide bonds. The number of carboxylic acid groups (broad SMARTS) is 1. The average molecular weight is 652 g/mol. The second-order valence-electron chi connectivity index (χ2n) is 13.0. The summed E-state index contributed by atoms with van der Waals surface area (Å²) in [6.45, 7) is 8.24. The Balaban J connectivity index is 1.97. The number of carbonyl (C=O) groups excluding carboxylic acids is 5. The third kappa shape index (κ3) is 11.8. The van der Waals surface area contributed by atoms with Gasteiger partial charge in [-0.05, 0) is 63.2 Å². The highest BCUT2D eigenvalue weighted by Crippen LogP contribution is 2.26. The molecule has 2 aliphatic rings. The van der Waals surface area contributed by atoms with Gasteiger partial charge in [-0.2, -0.15) is 0 Å². The third-order valence-electron chi connectivity index (χ3n) is 8.08. The van der Waals surface area contributed by atoms with Crippen LogP contribution in [-0.2, 0) is 28.8 Å². The van der Waals surface area contributed by atoms with Crippen LogP contribution in [0.15, 0.2) is 0 Å². The highest BCUT2D eigenvalue weighted by Gasteiger charge is 2.43. The number of carbonyl (C=O) groups is 6. The summed E-state index contributed by atoms with van der Waals surface area (Å²) >= 11 is 0. The van der Waals surface area contributed by atoms with Gasteiger partial charge in [0.05, 0.1) is 12.6 Å². The molecule has 16 nitrogen and oxygen atoms in total. The van der Waals surface area contributed by atoms with Crippen molar-refractivity contribution in [1.29, 1.82) is 5.41 Å². The molecular formula is C30H53N9O7. The van der Waals surface area contributed by atoms with Gasteiger partial charge in [-0.3, -0.25) is 29.4 Å². The lowest BCUT2D eigenvalue weighted by Gasteiger charge is -2.32. The second kappa shape index (κ2) is 18.3. The Labute approximate surface area is 270 Å². The molecule has 0 bridgehead atoms. The van der Waals surface area contributed by atoms with E-state index in [2.05, 4.69) is 21.3 Å². The summed E-state index contributed by atoms with van der Waals surface area (Å²) < 4.78 is 0. The predicted molar refractivity (Wildman–Crippen MR) is 170 cm³/mol. The standard InChI is InChI=1S/C30H53N9O7/c1-17(2)14-19(31)27(43)39-13-7-10-23(39)28(44)38-12-6-9-22(38)26(42)35-16-24(40)36-21(15-18(3)4)25(41)37-20(29(45)46)8-5-11-34-30(32)33/h17-23H,5-16,31H2,1-4H3,(H,35,42)(H,36,40)(H,37,41)(H,45,46)(H4,32,33,34)/t19-,20-,21-,22-,23-/m0/s1. The molecule has 10 N–H and O–H groups in total. The van der Waals surface area contributed by atoms with E-state index < -0.39 is 60.4 Å². The Morgan fingerprint density at radius 2 is 1.48 bits per heavy atom. The van der Waals surface area contributed by atoms with Crippen LogP contribution in [0.2, 0.25) is 0 Å².